The molecule has 0 spiro atoms. The Labute approximate surface area is 110 Å². The number of nitrogens with two attached hydrogens (primary N) is 1. The molecule has 1 saturated heterocycles. The van der Waals surface area contributed by atoms with E-state index in [2.05, 4.69) is 61.0 Å². The van der Waals surface area contributed by atoms with Crippen molar-refractivity contribution >= 4 is 5.69 Å². The van der Waals surface area contributed by atoms with Crippen LogP contribution >= 0.6 is 0 Å². The molecule has 4 N–H and O–H groups in total. The number of rotatable bonds is 4. The standard InChI is InChI=1S/C14H24N4/c1-10-14(13(8-9-15)17-16-10)11-4-6-12(7-5-11)18(2)3/h4-7,10,13-14,16-17H,8-9,15H2,1-3H3. The SMILES string of the molecule is CC1NNC(CCN)C1c1ccc(N(C)C)cc1. The highest BCUT2D eigenvalue weighted by Gasteiger charge is 2.33. The molecule has 0 aromatic heterocycles. The van der Waals surface area contributed by atoms with Gasteiger partial charge in [0.15, 0.2) is 0 Å². The van der Waals surface area contributed by atoms with Crippen LogP contribution in [0.3, 0.4) is 0 Å². The lowest BCUT2D eigenvalue weighted by Crippen LogP contribution is -2.33. The highest BCUT2D eigenvalue weighted by atomic mass is 15.4. The van der Waals surface area contributed by atoms with Crippen molar-refractivity contribution in [2.75, 3.05) is 25.5 Å². The molecule has 3 unspecified atom stereocenters. The lowest BCUT2D eigenvalue weighted by Gasteiger charge is -2.22. The first kappa shape index (κ1) is 13.3. The Hall–Kier alpha value is -1.10. The monoisotopic (exact) mass is 248 g/mol. The minimum atomic E-state index is 0.426. The fourth-order valence-electron chi connectivity index (χ4n) is 2.71. The van der Waals surface area contributed by atoms with Gasteiger partial charge in [0.25, 0.3) is 0 Å². The molecular formula is C14H24N4. The predicted octanol–water partition coefficient (Wildman–Crippen LogP) is 1.05. The molecule has 4 heteroatoms. The maximum Gasteiger partial charge on any atom is 0.0361 e. The van der Waals surface area contributed by atoms with Crippen LogP contribution in [0.4, 0.5) is 5.69 Å². The second-order valence-corrected chi connectivity index (χ2v) is 5.27. The van der Waals surface area contributed by atoms with Crippen LogP contribution in [0.2, 0.25) is 0 Å². The molecule has 1 aromatic rings. The number of nitrogens with one attached hydrogen (secondary N) is 2. The molecule has 1 fully saturated rings. The second-order valence-electron chi connectivity index (χ2n) is 5.27. The summed E-state index contributed by atoms with van der Waals surface area (Å²) < 4.78 is 0. The van der Waals surface area contributed by atoms with Crippen LogP contribution in [-0.4, -0.2) is 32.7 Å². The molecule has 100 valence electrons. The zero-order valence-electron chi connectivity index (χ0n) is 11.5. The summed E-state index contributed by atoms with van der Waals surface area (Å²) in [5, 5.41) is 0. The van der Waals surface area contributed by atoms with Crippen LogP contribution in [0.1, 0.15) is 24.8 Å². The second kappa shape index (κ2) is 5.69. The van der Waals surface area contributed by atoms with Gasteiger partial charge in [0, 0.05) is 37.8 Å². The van der Waals surface area contributed by atoms with Crippen molar-refractivity contribution in [2.24, 2.45) is 5.73 Å². The van der Waals surface area contributed by atoms with Crippen molar-refractivity contribution in [3.05, 3.63) is 29.8 Å². The third-order valence-corrected chi connectivity index (χ3v) is 3.74. The van der Waals surface area contributed by atoms with Crippen LogP contribution in [0.5, 0.6) is 0 Å². The van der Waals surface area contributed by atoms with Gasteiger partial charge in [-0.25, -0.2) is 0 Å². The topological polar surface area (TPSA) is 53.3 Å². The van der Waals surface area contributed by atoms with Crippen molar-refractivity contribution < 1.29 is 0 Å². The lowest BCUT2D eigenvalue weighted by molar-refractivity contribution is 0.498. The minimum Gasteiger partial charge on any atom is -0.378 e. The summed E-state index contributed by atoms with van der Waals surface area (Å²) in [5.41, 5.74) is 15.0. The molecule has 2 rings (SSSR count). The van der Waals surface area contributed by atoms with Gasteiger partial charge in [0.1, 0.15) is 0 Å². The Morgan fingerprint density at radius 1 is 1.17 bits per heavy atom. The summed E-state index contributed by atoms with van der Waals surface area (Å²) in [6.45, 7) is 2.94. The van der Waals surface area contributed by atoms with Crippen LogP contribution in [0.15, 0.2) is 24.3 Å². The van der Waals surface area contributed by atoms with Crippen molar-refractivity contribution in [2.45, 2.75) is 31.3 Å². The zero-order valence-corrected chi connectivity index (χ0v) is 11.5. The molecule has 0 bridgehead atoms. The maximum atomic E-state index is 5.68. The van der Waals surface area contributed by atoms with E-state index in [1.54, 1.807) is 0 Å². The number of hydrogen-bond donors (Lipinski definition) is 3. The first-order valence-corrected chi connectivity index (χ1v) is 6.62. The number of anilines is 1. The molecule has 1 aliphatic heterocycles. The Morgan fingerprint density at radius 3 is 2.39 bits per heavy atom. The normalized spacial score (nSPS) is 27.4. The molecular weight excluding hydrogens is 224 g/mol. The molecule has 0 saturated carbocycles. The molecule has 1 heterocycles. The van der Waals surface area contributed by atoms with E-state index in [9.17, 15) is 0 Å². The van der Waals surface area contributed by atoms with Gasteiger partial charge in [0.05, 0.1) is 0 Å². The average Bonchev–Trinajstić information content (AvgIpc) is 2.71. The fourth-order valence-corrected chi connectivity index (χ4v) is 2.71. The van der Waals surface area contributed by atoms with Crippen molar-refractivity contribution in [1.29, 1.82) is 0 Å². The molecule has 3 atom stereocenters. The summed E-state index contributed by atoms with van der Waals surface area (Å²) in [7, 11) is 4.13. The van der Waals surface area contributed by atoms with Crippen molar-refractivity contribution in [3.63, 3.8) is 0 Å². The van der Waals surface area contributed by atoms with Gasteiger partial charge in [0.2, 0.25) is 0 Å². The van der Waals surface area contributed by atoms with Gasteiger partial charge in [-0.3, -0.25) is 10.9 Å². The van der Waals surface area contributed by atoms with Gasteiger partial charge < -0.3 is 10.6 Å². The molecule has 4 nitrogen and oxygen atoms in total. The van der Waals surface area contributed by atoms with Crippen LogP contribution in [-0.2, 0) is 0 Å². The summed E-state index contributed by atoms with van der Waals surface area (Å²) in [6.07, 6.45) is 0.997. The van der Waals surface area contributed by atoms with Crippen molar-refractivity contribution in [1.82, 2.24) is 10.9 Å². The van der Waals surface area contributed by atoms with E-state index in [0.29, 0.717) is 18.0 Å². The molecule has 18 heavy (non-hydrogen) atoms. The fraction of sp³-hybridized carbons (Fsp3) is 0.571. The van der Waals surface area contributed by atoms with Gasteiger partial charge in [-0.2, -0.15) is 0 Å². The molecule has 0 amide bonds. The maximum absolute atomic E-state index is 5.68. The van der Waals surface area contributed by atoms with Gasteiger partial charge >= 0.3 is 0 Å². The molecule has 1 aromatic carbocycles. The first-order chi connectivity index (χ1) is 8.63. The molecule has 1 aliphatic rings. The smallest absolute Gasteiger partial charge is 0.0361 e. The Kier molecular flexibility index (Phi) is 4.22. The third-order valence-electron chi connectivity index (χ3n) is 3.74. The van der Waals surface area contributed by atoms with Gasteiger partial charge in [-0.15, -0.1) is 0 Å². The predicted molar refractivity (Wildman–Crippen MR) is 76.7 cm³/mol. The van der Waals surface area contributed by atoms with Crippen LogP contribution in [0, 0.1) is 0 Å². The van der Waals surface area contributed by atoms with E-state index in [1.165, 1.54) is 11.3 Å². The summed E-state index contributed by atoms with van der Waals surface area (Å²) in [6, 6.07) is 9.69. The van der Waals surface area contributed by atoms with Crippen LogP contribution < -0.4 is 21.5 Å². The van der Waals surface area contributed by atoms with E-state index in [0.717, 1.165) is 13.0 Å². The third kappa shape index (κ3) is 2.66. The van der Waals surface area contributed by atoms with E-state index in [-0.39, 0.29) is 0 Å². The van der Waals surface area contributed by atoms with E-state index >= 15 is 0 Å². The molecule has 0 radical (unpaired) electrons. The largest absolute Gasteiger partial charge is 0.378 e. The number of hydrazine groups is 1. The average molecular weight is 248 g/mol. The van der Waals surface area contributed by atoms with Crippen LogP contribution in [0.25, 0.3) is 0 Å². The van der Waals surface area contributed by atoms with Gasteiger partial charge in [-0.05, 0) is 37.6 Å². The highest BCUT2D eigenvalue weighted by Crippen LogP contribution is 2.29. The summed E-state index contributed by atoms with van der Waals surface area (Å²) in [5.74, 6) is 0.491. The van der Waals surface area contributed by atoms with Crippen molar-refractivity contribution in [3.8, 4) is 0 Å². The minimum absolute atomic E-state index is 0.426. The quantitative estimate of drug-likeness (QED) is 0.745. The Bertz CT molecular complexity index is 372. The zero-order chi connectivity index (χ0) is 13.1. The lowest BCUT2D eigenvalue weighted by atomic mass is 9.86. The van der Waals surface area contributed by atoms with E-state index in [4.69, 9.17) is 5.73 Å². The Balaban J connectivity index is 2.18. The summed E-state index contributed by atoms with van der Waals surface area (Å²) in [4.78, 5) is 2.12. The van der Waals surface area contributed by atoms with Gasteiger partial charge in [-0.1, -0.05) is 12.1 Å². The number of hydrogen-bond acceptors (Lipinski definition) is 4. The van der Waals surface area contributed by atoms with E-state index < -0.39 is 0 Å². The summed E-state index contributed by atoms with van der Waals surface area (Å²) >= 11 is 0. The Morgan fingerprint density at radius 2 is 1.83 bits per heavy atom. The highest BCUT2D eigenvalue weighted by molar-refractivity contribution is 5.47. The first-order valence-electron chi connectivity index (χ1n) is 6.62. The molecule has 0 aliphatic carbocycles. The van der Waals surface area contributed by atoms with E-state index in [1.807, 2.05) is 0 Å². The number of nitrogens with zero attached hydrogens (tertiary/aromatic N) is 1. The number of benzene rings is 1.